The maximum atomic E-state index is 13.1. The zero-order chi connectivity index (χ0) is 19.2. The molecule has 1 aliphatic rings. The Bertz CT molecular complexity index is 730. The van der Waals surface area contributed by atoms with E-state index in [1.54, 1.807) is 17.0 Å². The van der Waals surface area contributed by atoms with E-state index in [0.717, 1.165) is 44.0 Å². The summed E-state index contributed by atoms with van der Waals surface area (Å²) in [5, 5.41) is 0. The summed E-state index contributed by atoms with van der Waals surface area (Å²) in [6.45, 7) is 6.84. The first-order chi connectivity index (χ1) is 13.0. The Morgan fingerprint density at radius 3 is 2.41 bits per heavy atom. The van der Waals surface area contributed by atoms with Crippen molar-refractivity contribution < 1.29 is 9.18 Å². The van der Waals surface area contributed by atoms with Crippen LogP contribution in [0.4, 0.5) is 4.39 Å². The molecule has 27 heavy (non-hydrogen) atoms. The normalized spacial score (nSPS) is 16.9. The van der Waals surface area contributed by atoms with Crippen molar-refractivity contribution in [3.63, 3.8) is 0 Å². The molecule has 0 spiro atoms. The van der Waals surface area contributed by atoms with Gasteiger partial charge in [0.1, 0.15) is 5.82 Å². The van der Waals surface area contributed by atoms with E-state index >= 15 is 0 Å². The van der Waals surface area contributed by atoms with Crippen LogP contribution >= 0.6 is 0 Å². The first-order valence-corrected chi connectivity index (χ1v) is 9.38. The van der Waals surface area contributed by atoms with E-state index in [-0.39, 0.29) is 17.8 Å². The SMILES string of the molecule is CC(c1ccc(F)cc1)N(C)C(=O)CN1CCN(Cc2ccccn2)CC1. The molecule has 1 amide bonds. The lowest BCUT2D eigenvalue weighted by molar-refractivity contribution is -0.133. The topological polar surface area (TPSA) is 39.7 Å². The summed E-state index contributed by atoms with van der Waals surface area (Å²) >= 11 is 0. The van der Waals surface area contributed by atoms with Crippen LogP contribution in [0.2, 0.25) is 0 Å². The van der Waals surface area contributed by atoms with Crippen LogP contribution in [0.25, 0.3) is 0 Å². The molecule has 1 unspecified atom stereocenters. The molecule has 1 aromatic heterocycles. The van der Waals surface area contributed by atoms with Crippen LogP contribution in [0.15, 0.2) is 48.7 Å². The Kier molecular flexibility index (Phi) is 6.53. The number of carbonyl (C=O) groups excluding carboxylic acids is 1. The van der Waals surface area contributed by atoms with Gasteiger partial charge in [-0.3, -0.25) is 19.6 Å². The lowest BCUT2D eigenvalue weighted by atomic mass is 10.1. The Hall–Kier alpha value is -2.31. The number of nitrogens with zero attached hydrogens (tertiary/aromatic N) is 4. The summed E-state index contributed by atoms with van der Waals surface area (Å²) in [6.07, 6.45) is 1.82. The lowest BCUT2D eigenvalue weighted by Crippen LogP contribution is -2.49. The number of hydrogen-bond donors (Lipinski definition) is 0. The molecule has 1 fully saturated rings. The highest BCUT2D eigenvalue weighted by Gasteiger charge is 2.23. The van der Waals surface area contributed by atoms with Gasteiger partial charge in [0, 0.05) is 46.0 Å². The van der Waals surface area contributed by atoms with Crippen LogP contribution < -0.4 is 0 Å². The number of piperazine rings is 1. The molecule has 0 saturated carbocycles. The van der Waals surface area contributed by atoms with Crippen LogP contribution in [0.1, 0.15) is 24.2 Å². The molecule has 5 nitrogen and oxygen atoms in total. The second-order valence-corrected chi connectivity index (χ2v) is 7.11. The number of benzene rings is 1. The molecule has 3 rings (SSSR count). The molecule has 0 bridgehead atoms. The molecule has 2 aromatic rings. The summed E-state index contributed by atoms with van der Waals surface area (Å²) in [6, 6.07) is 12.2. The second-order valence-electron chi connectivity index (χ2n) is 7.11. The monoisotopic (exact) mass is 370 g/mol. The van der Waals surface area contributed by atoms with E-state index in [0.29, 0.717) is 6.54 Å². The number of amides is 1. The molecular weight excluding hydrogens is 343 g/mol. The molecule has 1 aromatic carbocycles. The molecule has 1 saturated heterocycles. The Balaban J connectivity index is 1.46. The third-order valence-electron chi connectivity index (χ3n) is 5.26. The minimum Gasteiger partial charge on any atom is -0.338 e. The molecule has 2 heterocycles. The molecule has 0 aliphatic carbocycles. The summed E-state index contributed by atoms with van der Waals surface area (Å²) in [4.78, 5) is 23.3. The van der Waals surface area contributed by atoms with Crippen LogP contribution in [-0.4, -0.2) is 65.4 Å². The van der Waals surface area contributed by atoms with Gasteiger partial charge in [0.2, 0.25) is 5.91 Å². The van der Waals surface area contributed by atoms with Crippen LogP contribution in [0, 0.1) is 5.82 Å². The van der Waals surface area contributed by atoms with Crippen LogP contribution in [0.5, 0.6) is 0 Å². The largest absolute Gasteiger partial charge is 0.338 e. The average Bonchev–Trinajstić information content (AvgIpc) is 2.69. The number of hydrogen-bond acceptors (Lipinski definition) is 4. The van der Waals surface area contributed by atoms with Gasteiger partial charge in [0.25, 0.3) is 0 Å². The predicted molar refractivity (Wildman–Crippen MR) is 104 cm³/mol. The van der Waals surface area contributed by atoms with E-state index in [1.807, 2.05) is 38.4 Å². The van der Waals surface area contributed by atoms with Gasteiger partial charge in [-0.2, -0.15) is 0 Å². The van der Waals surface area contributed by atoms with Crippen molar-refractivity contribution >= 4 is 5.91 Å². The van der Waals surface area contributed by atoms with E-state index in [4.69, 9.17) is 0 Å². The van der Waals surface area contributed by atoms with Gasteiger partial charge in [-0.05, 0) is 36.8 Å². The van der Waals surface area contributed by atoms with Gasteiger partial charge >= 0.3 is 0 Å². The number of rotatable bonds is 6. The maximum Gasteiger partial charge on any atom is 0.236 e. The van der Waals surface area contributed by atoms with Crippen LogP contribution in [-0.2, 0) is 11.3 Å². The minimum atomic E-state index is -0.261. The summed E-state index contributed by atoms with van der Waals surface area (Å²) < 4.78 is 13.1. The van der Waals surface area contributed by atoms with Gasteiger partial charge in [-0.1, -0.05) is 18.2 Å². The predicted octanol–water partition coefficient (Wildman–Crippen LogP) is 2.56. The van der Waals surface area contributed by atoms with E-state index in [1.165, 1.54) is 12.1 Å². The van der Waals surface area contributed by atoms with Gasteiger partial charge in [0.05, 0.1) is 18.3 Å². The maximum absolute atomic E-state index is 13.1. The van der Waals surface area contributed by atoms with Gasteiger partial charge in [-0.25, -0.2) is 4.39 Å². The van der Waals surface area contributed by atoms with Crippen molar-refractivity contribution in [1.29, 1.82) is 0 Å². The Morgan fingerprint density at radius 2 is 1.78 bits per heavy atom. The van der Waals surface area contributed by atoms with Crippen molar-refractivity contribution in [2.24, 2.45) is 0 Å². The third kappa shape index (κ3) is 5.34. The lowest BCUT2D eigenvalue weighted by Gasteiger charge is -2.35. The number of halogens is 1. The quantitative estimate of drug-likeness (QED) is 0.784. The molecule has 144 valence electrons. The van der Waals surface area contributed by atoms with Gasteiger partial charge < -0.3 is 4.90 Å². The van der Waals surface area contributed by atoms with Crippen molar-refractivity contribution in [2.45, 2.75) is 19.5 Å². The number of pyridine rings is 1. The Morgan fingerprint density at radius 1 is 1.11 bits per heavy atom. The zero-order valence-corrected chi connectivity index (χ0v) is 16.0. The average molecular weight is 370 g/mol. The molecule has 0 N–H and O–H groups in total. The van der Waals surface area contributed by atoms with E-state index in [2.05, 4.69) is 14.8 Å². The fourth-order valence-electron chi connectivity index (χ4n) is 3.31. The number of carbonyl (C=O) groups is 1. The summed E-state index contributed by atoms with van der Waals surface area (Å²) in [5.41, 5.74) is 2.02. The second kappa shape index (κ2) is 9.06. The minimum absolute atomic E-state index is 0.0801. The molecule has 1 aliphatic heterocycles. The third-order valence-corrected chi connectivity index (χ3v) is 5.26. The van der Waals surface area contributed by atoms with Crippen molar-refractivity contribution in [3.05, 3.63) is 65.7 Å². The zero-order valence-electron chi connectivity index (χ0n) is 16.0. The van der Waals surface area contributed by atoms with Gasteiger partial charge in [-0.15, -0.1) is 0 Å². The van der Waals surface area contributed by atoms with Crippen molar-refractivity contribution in [2.75, 3.05) is 39.8 Å². The fourth-order valence-corrected chi connectivity index (χ4v) is 3.31. The molecular formula is C21H27FN4O. The first-order valence-electron chi connectivity index (χ1n) is 9.38. The van der Waals surface area contributed by atoms with Crippen molar-refractivity contribution in [1.82, 2.24) is 19.7 Å². The number of likely N-dealkylation sites (N-methyl/N-ethyl adjacent to an activating group) is 1. The molecule has 1 atom stereocenters. The summed E-state index contributed by atoms with van der Waals surface area (Å²) in [7, 11) is 1.81. The van der Waals surface area contributed by atoms with Gasteiger partial charge in [0.15, 0.2) is 0 Å². The number of aromatic nitrogens is 1. The van der Waals surface area contributed by atoms with Crippen molar-refractivity contribution in [3.8, 4) is 0 Å². The smallest absolute Gasteiger partial charge is 0.236 e. The highest BCUT2D eigenvalue weighted by molar-refractivity contribution is 5.78. The highest BCUT2D eigenvalue weighted by atomic mass is 19.1. The molecule has 6 heteroatoms. The standard InChI is InChI=1S/C21H27FN4O/c1-17(18-6-8-19(22)9-7-18)24(2)21(27)16-26-13-11-25(12-14-26)15-20-5-3-4-10-23-20/h3-10,17H,11-16H2,1-2H3. The fraction of sp³-hybridized carbons (Fsp3) is 0.429. The van der Waals surface area contributed by atoms with Crippen LogP contribution in [0.3, 0.4) is 0 Å². The summed E-state index contributed by atoms with van der Waals surface area (Å²) in [5.74, 6) is -0.173. The Labute approximate surface area is 160 Å². The molecule has 0 radical (unpaired) electrons. The van der Waals surface area contributed by atoms with E-state index in [9.17, 15) is 9.18 Å². The highest BCUT2D eigenvalue weighted by Crippen LogP contribution is 2.19. The van der Waals surface area contributed by atoms with E-state index < -0.39 is 0 Å². The first kappa shape index (κ1) is 19.5.